The molecule has 8 heteroatoms. The summed E-state index contributed by atoms with van der Waals surface area (Å²) in [5.41, 5.74) is 2.08. The quantitative estimate of drug-likeness (QED) is 0.631. The number of hydrogen-bond donors (Lipinski definition) is 1. The molecule has 0 saturated carbocycles. The minimum Gasteiger partial charge on any atom is -0.465 e. The van der Waals surface area contributed by atoms with Gasteiger partial charge in [-0.3, -0.25) is 9.69 Å². The molecule has 2 heterocycles. The average Bonchev–Trinajstić information content (AvgIpc) is 3.29. The number of fused-ring (bicyclic) bond motifs is 1. The predicted molar refractivity (Wildman–Crippen MR) is 142 cm³/mol. The Bertz CT molecular complexity index is 1130. The molecule has 1 fully saturated rings. The molecule has 0 unspecified atom stereocenters. The summed E-state index contributed by atoms with van der Waals surface area (Å²) in [6.07, 6.45) is -0.108. The summed E-state index contributed by atoms with van der Waals surface area (Å²) in [4.78, 5) is 29.4. The molecule has 36 heavy (non-hydrogen) atoms. The van der Waals surface area contributed by atoms with E-state index in [9.17, 15) is 14.7 Å². The van der Waals surface area contributed by atoms with Crippen molar-refractivity contribution < 1.29 is 24.0 Å². The summed E-state index contributed by atoms with van der Waals surface area (Å²) < 4.78 is 12.4. The van der Waals surface area contributed by atoms with Gasteiger partial charge in [-0.05, 0) is 77.5 Å². The van der Waals surface area contributed by atoms with Crippen LogP contribution in [0.3, 0.4) is 0 Å². The summed E-state index contributed by atoms with van der Waals surface area (Å²) >= 11 is 0. The molecule has 7 nitrogen and oxygen atoms in total. The molecule has 192 valence electrons. The van der Waals surface area contributed by atoms with E-state index in [1.807, 2.05) is 90.9 Å². The van der Waals surface area contributed by atoms with Crippen molar-refractivity contribution >= 4 is 30.3 Å². The van der Waals surface area contributed by atoms with E-state index < -0.39 is 36.0 Å². The van der Waals surface area contributed by atoms with E-state index in [1.165, 1.54) is 4.90 Å². The summed E-state index contributed by atoms with van der Waals surface area (Å²) in [5.74, 6) is -0.210. The number of anilines is 1. The summed E-state index contributed by atoms with van der Waals surface area (Å²) in [7, 11) is -0.473. The smallest absolute Gasteiger partial charge is 0.465 e. The monoisotopic (exact) mass is 492 g/mol. The number of nitrogens with zero attached hydrogens (tertiary/aromatic N) is 2. The number of benzene rings is 2. The number of hydrogen-bond acceptors (Lipinski definition) is 4. The lowest BCUT2D eigenvalue weighted by Gasteiger charge is -2.40. The van der Waals surface area contributed by atoms with Gasteiger partial charge in [0.15, 0.2) is 0 Å². The normalized spacial score (nSPS) is 19.2. The first-order chi connectivity index (χ1) is 16.7. The zero-order valence-electron chi connectivity index (χ0n) is 22.4. The Hall–Kier alpha value is -2.84. The van der Waals surface area contributed by atoms with E-state index in [4.69, 9.17) is 9.31 Å². The Balaban J connectivity index is 1.64. The fourth-order valence-electron chi connectivity index (χ4n) is 4.97. The van der Waals surface area contributed by atoms with Gasteiger partial charge >= 0.3 is 13.2 Å². The molecular weight excluding hydrogens is 455 g/mol. The third kappa shape index (κ3) is 4.89. The lowest BCUT2D eigenvalue weighted by atomic mass is 9.78. The van der Waals surface area contributed by atoms with Crippen LogP contribution >= 0.6 is 0 Å². The van der Waals surface area contributed by atoms with Crippen molar-refractivity contribution in [1.82, 2.24) is 4.90 Å². The molecule has 2 amide bonds. The van der Waals surface area contributed by atoms with Gasteiger partial charge in [-0.2, -0.15) is 0 Å². The molecule has 1 N–H and O–H groups in total. The van der Waals surface area contributed by atoms with Gasteiger partial charge in [0.25, 0.3) is 0 Å². The first kappa shape index (κ1) is 26.2. The molecule has 4 rings (SSSR count). The largest absolute Gasteiger partial charge is 0.494 e. The second kappa shape index (κ2) is 9.23. The number of carboxylic acid groups (broad SMARTS) is 1. The van der Waals surface area contributed by atoms with E-state index in [0.29, 0.717) is 19.4 Å². The van der Waals surface area contributed by atoms with Crippen molar-refractivity contribution in [3.8, 4) is 0 Å². The third-order valence-corrected chi connectivity index (χ3v) is 7.59. The maximum atomic E-state index is 14.0. The van der Waals surface area contributed by atoms with Gasteiger partial charge < -0.3 is 19.3 Å². The predicted octanol–water partition coefficient (Wildman–Crippen LogP) is 4.26. The van der Waals surface area contributed by atoms with Gasteiger partial charge in [0.2, 0.25) is 5.91 Å². The van der Waals surface area contributed by atoms with Crippen LogP contribution in [0.4, 0.5) is 10.5 Å². The molecule has 1 saturated heterocycles. The first-order valence-corrected chi connectivity index (χ1v) is 12.6. The van der Waals surface area contributed by atoms with Crippen LogP contribution < -0.4 is 10.4 Å². The SMILES string of the molecule is CC(C)(C)N(C(=O)O)[C@@H](Cc1ccccc1)C(=O)N1CCc2cc(B3OC(C)(C)C(C)(C)O3)ccc21. The molecule has 2 aliphatic heterocycles. The maximum absolute atomic E-state index is 14.0. The summed E-state index contributed by atoms with van der Waals surface area (Å²) in [6.45, 7) is 14.1. The molecule has 0 aliphatic carbocycles. The van der Waals surface area contributed by atoms with Gasteiger partial charge in [0, 0.05) is 24.2 Å². The van der Waals surface area contributed by atoms with Crippen molar-refractivity contribution in [2.45, 2.75) is 84.1 Å². The highest BCUT2D eigenvalue weighted by molar-refractivity contribution is 6.62. The molecule has 0 bridgehead atoms. The van der Waals surface area contributed by atoms with E-state index in [-0.39, 0.29) is 5.91 Å². The van der Waals surface area contributed by atoms with Crippen LogP contribution in [0, 0.1) is 0 Å². The lowest BCUT2D eigenvalue weighted by molar-refractivity contribution is -0.124. The molecule has 0 radical (unpaired) electrons. The number of carbonyl (C=O) groups is 2. The Kier molecular flexibility index (Phi) is 6.73. The number of amides is 2. The highest BCUT2D eigenvalue weighted by Crippen LogP contribution is 2.37. The standard InChI is InChI=1S/C28H37BN2O5/c1-26(2,3)31(25(33)34)23(17-19-11-9-8-10-12-19)24(32)30-16-15-20-18-21(13-14-22(20)30)29-35-27(4,5)28(6,7)36-29/h8-14,18,23H,15-17H2,1-7H3,(H,33,34)/t23-/m0/s1. The van der Waals surface area contributed by atoms with Crippen molar-refractivity contribution in [1.29, 1.82) is 0 Å². The van der Waals surface area contributed by atoms with Crippen LogP contribution in [0.25, 0.3) is 0 Å². The van der Waals surface area contributed by atoms with Crippen molar-refractivity contribution in [2.24, 2.45) is 0 Å². The van der Waals surface area contributed by atoms with Crippen LogP contribution in [-0.4, -0.2) is 58.5 Å². The van der Waals surface area contributed by atoms with E-state index in [1.54, 1.807) is 4.90 Å². The second-order valence-electron chi connectivity index (χ2n) is 11.7. The molecule has 2 aromatic carbocycles. The molecule has 2 aliphatic rings. The molecular formula is C28H37BN2O5. The van der Waals surface area contributed by atoms with Gasteiger partial charge in [-0.25, -0.2) is 4.79 Å². The van der Waals surface area contributed by atoms with Crippen molar-refractivity contribution in [3.63, 3.8) is 0 Å². The minimum atomic E-state index is -1.10. The topological polar surface area (TPSA) is 79.3 Å². The Morgan fingerprint density at radius 3 is 2.22 bits per heavy atom. The zero-order chi connectivity index (χ0) is 26.5. The van der Waals surface area contributed by atoms with Crippen molar-refractivity contribution in [3.05, 3.63) is 59.7 Å². The van der Waals surface area contributed by atoms with Gasteiger partial charge in [-0.1, -0.05) is 42.5 Å². The Labute approximate surface area is 214 Å². The highest BCUT2D eigenvalue weighted by atomic mass is 16.7. The Morgan fingerprint density at radius 2 is 1.67 bits per heavy atom. The number of carbonyl (C=O) groups excluding carboxylic acids is 1. The summed E-state index contributed by atoms with van der Waals surface area (Å²) in [5, 5.41) is 10.1. The molecule has 0 spiro atoms. The maximum Gasteiger partial charge on any atom is 0.494 e. The van der Waals surface area contributed by atoms with Gasteiger partial charge in [0.05, 0.1) is 11.2 Å². The number of rotatable bonds is 5. The van der Waals surface area contributed by atoms with Crippen LogP contribution in [-0.2, 0) is 26.9 Å². The summed E-state index contributed by atoms with van der Waals surface area (Å²) in [6, 6.07) is 14.7. The van der Waals surface area contributed by atoms with E-state index in [0.717, 1.165) is 22.3 Å². The zero-order valence-corrected chi connectivity index (χ0v) is 22.4. The van der Waals surface area contributed by atoms with Crippen LogP contribution in [0.1, 0.15) is 59.6 Å². The molecule has 0 aromatic heterocycles. The molecule has 1 atom stereocenters. The fraction of sp³-hybridized carbons (Fsp3) is 0.500. The minimum absolute atomic E-state index is 0.210. The fourth-order valence-corrected chi connectivity index (χ4v) is 4.97. The van der Waals surface area contributed by atoms with E-state index in [2.05, 4.69) is 6.07 Å². The Morgan fingerprint density at radius 1 is 1.06 bits per heavy atom. The molecule has 2 aromatic rings. The second-order valence-corrected chi connectivity index (χ2v) is 11.7. The van der Waals surface area contributed by atoms with Gasteiger partial charge in [-0.15, -0.1) is 0 Å². The highest BCUT2D eigenvalue weighted by Gasteiger charge is 2.52. The van der Waals surface area contributed by atoms with Crippen LogP contribution in [0.15, 0.2) is 48.5 Å². The van der Waals surface area contributed by atoms with Gasteiger partial charge in [0.1, 0.15) is 6.04 Å². The lowest BCUT2D eigenvalue weighted by Crippen LogP contribution is -2.58. The van der Waals surface area contributed by atoms with E-state index >= 15 is 0 Å². The first-order valence-electron chi connectivity index (χ1n) is 12.6. The average molecular weight is 492 g/mol. The third-order valence-electron chi connectivity index (χ3n) is 7.59. The van der Waals surface area contributed by atoms with Crippen molar-refractivity contribution in [2.75, 3.05) is 11.4 Å². The van der Waals surface area contributed by atoms with Crippen LogP contribution in [0.2, 0.25) is 0 Å². The van der Waals surface area contributed by atoms with Crippen LogP contribution in [0.5, 0.6) is 0 Å².